The van der Waals surface area contributed by atoms with E-state index < -0.39 is 0 Å². The Morgan fingerprint density at radius 2 is 0.789 bits per heavy atom. The summed E-state index contributed by atoms with van der Waals surface area (Å²) in [5.41, 5.74) is 0. The molecule has 2 fully saturated rings. The van der Waals surface area contributed by atoms with Crippen LogP contribution in [0.5, 0.6) is 0 Å². The molecular formula is C18H40W-2. The summed E-state index contributed by atoms with van der Waals surface area (Å²) < 4.78 is 0. The topological polar surface area (TPSA) is 0 Å². The Morgan fingerprint density at radius 1 is 0.579 bits per heavy atom. The Balaban J connectivity index is -0.000000233. The van der Waals surface area contributed by atoms with E-state index >= 15 is 0 Å². The molecule has 0 radical (unpaired) electrons. The van der Waals surface area contributed by atoms with Crippen molar-refractivity contribution >= 4 is 0 Å². The Kier molecular flexibility index (Phi) is 17.8. The van der Waals surface area contributed by atoms with Crippen molar-refractivity contribution in [2.45, 2.75) is 79.1 Å². The first-order chi connectivity index (χ1) is 7.61. The van der Waals surface area contributed by atoms with E-state index in [4.69, 9.17) is 0 Å². The fraction of sp³-hybridized carbons (Fsp3) is 0.889. The molecule has 0 nitrogen and oxygen atoms in total. The maximum atomic E-state index is 2.34. The Bertz CT molecular complexity index is 143. The molecule has 0 saturated heterocycles. The third-order valence-corrected chi connectivity index (χ3v) is 4.69. The molecule has 120 valence electrons. The van der Waals surface area contributed by atoms with Crippen LogP contribution in [-0.4, -0.2) is 0 Å². The summed E-state index contributed by atoms with van der Waals surface area (Å²) in [6.45, 7) is 9.37. The molecule has 1 heteroatoms. The van der Waals surface area contributed by atoms with Crippen molar-refractivity contribution in [1.29, 1.82) is 0 Å². The first-order valence-electron chi connectivity index (χ1n) is 7.61. The predicted molar refractivity (Wildman–Crippen MR) is 89.2 cm³/mol. The van der Waals surface area contributed by atoms with Crippen molar-refractivity contribution < 1.29 is 21.1 Å². The zero-order valence-corrected chi connectivity index (χ0v) is 18.1. The van der Waals surface area contributed by atoms with Crippen LogP contribution in [0.2, 0.25) is 0 Å². The standard InChI is InChI=1S/2C8H16.2CH3.W.2H/c2*1-7(2)8-5-3-4-6-8;;;;;/h2*7-8H,3-6H2,1-2H3;2*1H3;;;/q;;2*-1;;;. The van der Waals surface area contributed by atoms with Gasteiger partial charge < -0.3 is 14.9 Å². The summed E-state index contributed by atoms with van der Waals surface area (Å²) >= 11 is 0. The first kappa shape index (κ1) is 24.7. The van der Waals surface area contributed by atoms with E-state index in [2.05, 4.69) is 27.7 Å². The molecule has 2 aliphatic carbocycles. The van der Waals surface area contributed by atoms with E-state index in [0.29, 0.717) is 0 Å². The third-order valence-electron chi connectivity index (χ3n) is 4.69. The third kappa shape index (κ3) is 10.1. The normalized spacial score (nSPS) is 19.3. The molecule has 2 aliphatic rings. The summed E-state index contributed by atoms with van der Waals surface area (Å²) in [6, 6.07) is 0. The summed E-state index contributed by atoms with van der Waals surface area (Å²) in [6.07, 6.45) is 11.9. The van der Waals surface area contributed by atoms with Gasteiger partial charge in [-0.25, -0.2) is 0 Å². The number of rotatable bonds is 2. The van der Waals surface area contributed by atoms with Gasteiger partial charge in [-0.2, -0.15) is 0 Å². The van der Waals surface area contributed by atoms with E-state index in [1.165, 1.54) is 51.4 Å². The van der Waals surface area contributed by atoms with Crippen molar-refractivity contribution in [3.63, 3.8) is 0 Å². The van der Waals surface area contributed by atoms with Crippen molar-refractivity contribution in [2.24, 2.45) is 23.7 Å². The van der Waals surface area contributed by atoms with Gasteiger partial charge in [0.05, 0.1) is 0 Å². The fourth-order valence-electron chi connectivity index (χ4n) is 3.25. The van der Waals surface area contributed by atoms with E-state index in [0.717, 1.165) is 23.7 Å². The molecule has 19 heavy (non-hydrogen) atoms. The van der Waals surface area contributed by atoms with Crippen LogP contribution < -0.4 is 0 Å². The van der Waals surface area contributed by atoms with Gasteiger partial charge in [0.2, 0.25) is 0 Å². The van der Waals surface area contributed by atoms with Crippen LogP contribution >= 0.6 is 0 Å². The van der Waals surface area contributed by atoms with Crippen molar-refractivity contribution in [3.8, 4) is 0 Å². The van der Waals surface area contributed by atoms with Gasteiger partial charge in [0, 0.05) is 0 Å². The average Bonchev–Trinajstić information content (AvgIpc) is 2.93. The van der Waals surface area contributed by atoms with Gasteiger partial charge in [-0.3, -0.25) is 0 Å². The second kappa shape index (κ2) is 13.7. The Labute approximate surface area is 138 Å². The summed E-state index contributed by atoms with van der Waals surface area (Å²) in [7, 11) is 0. The minimum atomic E-state index is 0. The maximum absolute atomic E-state index is 2.34. The van der Waals surface area contributed by atoms with Crippen molar-refractivity contribution in [1.82, 2.24) is 0 Å². The fourth-order valence-corrected chi connectivity index (χ4v) is 3.25. The zero-order valence-electron chi connectivity index (χ0n) is 14.5. The quantitative estimate of drug-likeness (QED) is 0.460. The molecular weight excluding hydrogens is 400 g/mol. The molecule has 0 unspecified atom stereocenters. The molecule has 0 spiro atoms. The minimum absolute atomic E-state index is 0. The Hall–Kier alpha value is 0.688. The second-order valence-corrected chi connectivity index (χ2v) is 6.58. The molecule has 0 heterocycles. The molecule has 0 atom stereocenters. The zero-order chi connectivity index (χ0) is 12.0. The van der Waals surface area contributed by atoms with E-state index in [1.807, 2.05) is 0 Å². The average molecular weight is 440 g/mol. The van der Waals surface area contributed by atoms with Gasteiger partial charge >= 0.3 is 21.1 Å². The van der Waals surface area contributed by atoms with Crippen molar-refractivity contribution in [2.75, 3.05) is 0 Å². The van der Waals surface area contributed by atoms with Gasteiger partial charge in [-0.05, 0) is 23.7 Å². The van der Waals surface area contributed by atoms with E-state index in [1.54, 1.807) is 0 Å². The van der Waals surface area contributed by atoms with Gasteiger partial charge in [-0.1, -0.05) is 79.1 Å². The SMILES string of the molecule is CC(C)C1CCCC1.CC(C)C1CCCC1.[CH3-].[CH3-].[WH2]. The predicted octanol–water partition coefficient (Wildman–Crippen LogP) is 6.03. The van der Waals surface area contributed by atoms with Crippen LogP contribution in [0.4, 0.5) is 0 Å². The van der Waals surface area contributed by atoms with E-state index in [-0.39, 0.29) is 35.9 Å². The molecule has 0 aromatic heterocycles. The monoisotopic (exact) mass is 440 g/mol. The number of hydrogen-bond acceptors (Lipinski definition) is 0. The van der Waals surface area contributed by atoms with Crippen LogP contribution in [-0.2, 0) is 21.1 Å². The molecule has 0 amide bonds. The summed E-state index contributed by atoms with van der Waals surface area (Å²) in [5, 5.41) is 0. The summed E-state index contributed by atoms with van der Waals surface area (Å²) in [4.78, 5) is 0. The van der Waals surface area contributed by atoms with Crippen LogP contribution in [0.1, 0.15) is 79.1 Å². The summed E-state index contributed by atoms with van der Waals surface area (Å²) in [5.74, 6) is 4.01. The molecule has 0 aliphatic heterocycles. The van der Waals surface area contributed by atoms with Gasteiger partial charge in [0.25, 0.3) is 0 Å². The first-order valence-corrected chi connectivity index (χ1v) is 7.61. The molecule has 2 saturated carbocycles. The van der Waals surface area contributed by atoms with Crippen molar-refractivity contribution in [3.05, 3.63) is 14.9 Å². The van der Waals surface area contributed by atoms with Gasteiger partial charge in [0.15, 0.2) is 0 Å². The van der Waals surface area contributed by atoms with Crippen LogP contribution in [0, 0.1) is 38.5 Å². The van der Waals surface area contributed by atoms with Gasteiger partial charge in [-0.15, -0.1) is 0 Å². The number of hydrogen-bond donors (Lipinski definition) is 0. The Morgan fingerprint density at radius 3 is 0.895 bits per heavy atom. The second-order valence-electron chi connectivity index (χ2n) is 6.58. The van der Waals surface area contributed by atoms with Crippen LogP contribution in [0.25, 0.3) is 0 Å². The van der Waals surface area contributed by atoms with Crippen LogP contribution in [0.3, 0.4) is 0 Å². The molecule has 2 rings (SSSR count). The van der Waals surface area contributed by atoms with E-state index in [9.17, 15) is 0 Å². The molecule has 0 bridgehead atoms. The molecule has 0 aromatic carbocycles. The molecule has 0 aromatic rings. The molecule has 0 N–H and O–H groups in total. The van der Waals surface area contributed by atoms with Crippen LogP contribution in [0.15, 0.2) is 0 Å². The van der Waals surface area contributed by atoms with Gasteiger partial charge in [0.1, 0.15) is 0 Å².